The minimum absolute atomic E-state index is 0.0295. The minimum Gasteiger partial charge on any atom is -0.493 e. The molecule has 0 spiro atoms. The van der Waals surface area contributed by atoms with Crippen molar-refractivity contribution in [2.45, 2.75) is 33.1 Å². The van der Waals surface area contributed by atoms with Crippen molar-refractivity contribution in [3.8, 4) is 5.75 Å². The fourth-order valence-corrected chi connectivity index (χ4v) is 4.81. The largest absolute Gasteiger partial charge is 0.493 e. The second-order valence-electron chi connectivity index (χ2n) is 9.10. The molecule has 2 amide bonds. The van der Waals surface area contributed by atoms with Gasteiger partial charge in [0.15, 0.2) is 0 Å². The molecule has 4 rings (SSSR count). The Morgan fingerprint density at radius 3 is 2.24 bits per heavy atom. The summed E-state index contributed by atoms with van der Waals surface area (Å²) in [4.78, 5) is 31.9. The molecule has 0 unspecified atom stereocenters. The normalized spacial score (nSPS) is 17.2. The number of aryl methyl sites for hydroxylation is 1. The number of para-hydroxylation sites is 1. The highest BCUT2D eigenvalue weighted by atomic mass is 16.5. The molecule has 2 fully saturated rings. The molecule has 0 N–H and O–H groups in total. The quantitative estimate of drug-likeness (QED) is 0.675. The summed E-state index contributed by atoms with van der Waals surface area (Å²) in [5.74, 6) is 1.18. The molecule has 176 valence electrons. The minimum atomic E-state index is 0.0295. The van der Waals surface area contributed by atoms with E-state index in [1.807, 2.05) is 40.1 Å². The van der Waals surface area contributed by atoms with E-state index in [9.17, 15) is 9.59 Å². The predicted octanol–water partition coefficient (Wildman–Crippen LogP) is 3.66. The molecule has 6 heteroatoms. The number of carbonyl (C=O) groups is 2. The third-order valence-corrected chi connectivity index (χ3v) is 7.03. The van der Waals surface area contributed by atoms with Gasteiger partial charge in [0.1, 0.15) is 5.75 Å². The summed E-state index contributed by atoms with van der Waals surface area (Å²) < 4.78 is 5.65. The van der Waals surface area contributed by atoms with E-state index < -0.39 is 0 Å². The first-order chi connectivity index (χ1) is 16.0. The molecular weight excluding hydrogens is 414 g/mol. The van der Waals surface area contributed by atoms with Gasteiger partial charge in [-0.15, -0.1) is 0 Å². The van der Waals surface area contributed by atoms with Crippen LogP contribution < -0.4 is 9.64 Å². The van der Waals surface area contributed by atoms with Crippen LogP contribution in [0.15, 0.2) is 48.5 Å². The molecule has 0 bridgehead atoms. The topological polar surface area (TPSA) is 53.1 Å². The van der Waals surface area contributed by atoms with Crippen molar-refractivity contribution in [3.63, 3.8) is 0 Å². The van der Waals surface area contributed by atoms with E-state index >= 15 is 0 Å². The molecule has 0 saturated carbocycles. The van der Waals surface area contributed by atoms with Crippen molar-refractivity contribution >= 4 is 17.5 Å². The summed E-state index contributed by atoms with van der Waals surface area (Å²) in [7, 11) is 0. The second-order valence-corrected chi connectivity index (χ2v) is 9.10. The molecular formula is C27H35N3O3. The van der Waals surface area contributed by atoms with Crippen molar-refractivity contribution in [1.29, 1.82) is 0 Å². The van der Waals surface area contributed by atoms with E-state index in [1.54, 1.807) is 0 Å². The highest BCUT2D eigenvalue weighted by Crippen LogP contribution is 2.26. The van der Waals surface area contributed by atoms with Crippen LogP contribution in [0.5, 0.6) is 5.75 Å². The van der Waals surface area contributed by atoms with Gasteiger partial charge in [-0.2, -0.15) is 0 Å². The molecule has 0 radical (unpaired) electrons. The molecule has 2 saturated heterocycles. The highest BCUT2D eigenvalue weighted by molar-refractivity contribution is 5.80. The van der Waals surface area contributed by atoms with Crippen LogP contribution in [0.4, 0.5) is 5.69 Å². The van der Waals surface area contributed by atoms with Gasteiger partial charge < -0.3 is 19.4 Å². The van der Waals surface area contributed by atoms with Gasteiger partial charge in [-0.1, -0.05) is 30.3 Å². The summed E-state index contributed by atoms with van der Waals surface area (Å²) in [6, 6.07) is 16.0. The maximum Gasteiger partial charge on any atom is 0.225 e. The molecule has 0 atom stereocenters. The van der Waals surface area contributed by atoms with Crippen LogP contribution in [0.1, 0.15) is 30.4 Å². The van der Waals surface area contributed by atoms with E-state index in [1.165, 1.54) is 16.8 Å². The Morgan fingerprint density at radius 2 is 1.55 bits per heavy atom. The highest BCUT2D eigenvalue weighted by Gasteiger charge is 2.31. The zero-order valence-electron chi connectivity index (χ0n) is 19.8. The number of hydrogen-bond donors (Lipinski definition) is 0. The second kappa shape index (κ2) is 10.7. The lowest BCUT2D eigenvalue weighted by Gasteiger charge is -2.40. The Hall–Kier alpha value is -3.02. The van der Waals surface area contributed by atoms with Crippen molar-refractivity contribution in [3.05, 3.63) is 59.7 Å². The standard InChI is InChI=1S/C27H35N3O3/c1-21-7-6-10-25(22(21)2)28-16-18-30(19-17-28)27(32)23-11-14-29(15-12-23)26(31)13-20-33-24-8-4-3-5-9-24/h3-10,23H,11-20H2,1-2H3. The van der Waals surface area contributed by atoms with Gasteiger partial charge in [-0.25, -0.2) is 0 Å². The number of nitrogens with zero attached hydrogens (tertiary/aromatic N) is 3. The van der Waals surface area contributed by atoms with Crippen LogP contribution in [0, 0.1) is 19.8 Å². The van der Waals surface area contributed by atoms with Gasteiger partial charge in [0, 0.05) is 50.9 Å². The number of likely N-dealkylation sites (tertiary alicyclic amines) is 1. The first-order valence-corrected chi connectivity index (χ1v) is 12.1. The van der Waals surface area contributed by atoms with Crippen molar-refractivity contribution in [1.82, 2.24) is 9.80 Å². The summed E-state index contributed by atoms with van der Waals surface area (Å²) in [5, 5.41) is 0. The van der Waals surface area contributed by atoms with Crippen LogP contribution >= 0.6 is 0 Å². The Labute approximate surface area is 197 Å². The molecule has 0 aliphatic carbocycles. The first-order valence-electron chi connectivity index (χ1n) is 12.1. The average molecular weight is 450 g/mol. The number of piperazine rings is 1. The summed E-state index contributed by atoms with van der Waals surface area (Å²) in [6.45, 7) is 9.28. The number of carbonyl (C=O) groups excluding carboxylic acids is 2. The Balaban J connectivity index is 1.19. The van der Waals surface area contributed by atoms with Gasteiger partial charge in [-0.3, -0.25) is 9.59 Å². The van der Waals surface area contributed by atoms with Crippen LogP contribution in [-0.2, 0) is 9.59 Å². The Kier molecular flexibility index (Phi) is 7.53. The van der Waals surface area contributed by atoms with E-state index in [2.05, 4.69) is 36.9 Å². The molecule has 2 aliphatic heterocycles. The summed E-state index contributed by atoms with van der Waals surface area (Å²) >= 11 is 0. The predicted molar refractivity (Wildman–Crippen MR) is 131 cm³/mol. The van der Waals surface area contributed by atoms with Gasteiger partial charge in [0.05, 0.1) is 13.0 Å². The third-order valence-electron chi connectivity index (χ3n) is 7.03. The van der Waals surface area contributed by atoms with Crippen LogP contribution in [0.2, 0.25) is 0 Å². The van der Waals surface area contributed by atoms with Crippen LogP contribution in [-0.4, -0.2) is 67.5 Å². The van der Waals surface area contributed by atoms with Crippen LogP contribution in [0.3, 0.4) is 0 Å². The number of ether oxygens (including phenoxy) is 1. The van der Waals surface area contributed by atoms with Gasteiger partial charge in [0.25, 0.3) is 0 Å². The molecule has 2 aliphatic rings. The number of rotatable bonds is 6. The SMILES string of the molecule is Cc1cccc(N2CCN(C(=O)C3CCN(C(=O)CCOc4ccccc4)CC3)CC2)c1C. The smallest absolute Gasteiger partial charge is 0.225 e. The number of benzene rings is 2. The van der Waals surface area contributed by atoms with Gasteiger partial charge in [-0.05, 0) is 56.0 Å². The Morgan fingerprint density at radius 1 is 0.848 bits per heavy atom. The number of amides is 2. The number of piperidine rings is 1. The van der Waals surface area contributed by atoms with Crippen molar-refractivity contribution in [2.75, 3.05) is 50.8 Å². The number of hydrogen-bond acceptors (Lipinski definition) is 4. The van der Waals surface area contributed by atoms with E-state index in [0.717, 1.165) is 44.8 Å². The lowest BCUT2D eigenvalue weighted by atomic mass is 9.94. The third kappa shape index (κ3) is 5.67. The van der Waals surface area contributed by atoms with Crippen molar-refractivity contribution in [2.24, 2.45) is 5.92 Å². The fourth-order valence-electron chi connectivity index (χ4n) is 4.81. The first kappa shape index (κ1) is 23.1. The number of anilines is 1. The zero-order chi connectivity index (χ0) is 23.2. The lowest BCUT2D eigenvalue weighted by molar-refractivity contribution is -0.141. The van der Waals surface area contributed by atoms with Gasteiger partial charge >= 0.3 is 0 Å². The van der Waals surface area contributed by atoms with E-state index in [0.29, 0.717) is 26.1 Å². The maximum absolute atomic E-state index is 13.1. The molecule has 2 aromatic rings. The Bertz CT molecular complexity index is 946. The van der Waals surface area contributed by atoms with E-state index in [4.69, 9.17) is 4.74 Å². The van der Waals surface area contributed by atoms with Crippen molar-refractivity contribution < 1.29 is 14.3 Å². The monoisotopic (exact) mass is 449 g/mol. The van der Waals surface area contributed by atoms with Crippen LogP contribution in [0.25, 0.3) is 0 Å². The summed E-state index contributed by atoms with van der Waals surface area (Å²) in [5.41, 5.74) is 3.91. The molecule has 2 heterocycles. The van der Waals surface area contributed by atoms with E-state index in [-0.39, 0.29) is 17.7 Å². The average Bonchev–Trinajstić information content (AvgIpc) is 2.86. The summed E-state index contributed by atoms with van der Waals surface area (Å²) in [6.07, 6.45) is 1.87. The zero-order valence-corrected chi connectivity index (χ0v) is 19.8. The maximum atomic E-state index is 13.1. The lowest BCUT2D eigenvalue weighted by Crippen LogP contribution is -2.52. The molecule has 6 nitrogen and oxygen atoms in total. The molecule has 2 aromatic carbocycles. The molecule has 0 aromatic heterocycles. The fraction of sp³-hybridized carbons (Fsp3) is 0.481. The molecule has 33 heavy (non-hydrogen) atoms. The van der Waals surface area contributed by atoms with Gasteiger partial charge in [0.2, 0.25) is 11.8 Å².